The number of nitrogens with one attached hydrogen (secondary N) is 2. The Hall–Kier alpha value is -1.28. The molecule has 2 nitrogen and oxygen atoms in total. The molecule has 0 amide bonds. The monoisotopic (exact) mass is 208 g/mol. The average Bonchev–Trinajstić information content (AvgIpc) is 2.58. The van der Waals surface area contributed by atoms with Gasteiger partial charge in [0.05, 0.1) is 0 Å². The highest BCUT2D eigenvalue weighted by atomic mass is 35.5. The molecule has 2 N–H and O–H groups in total. The van der Waals surface area contributed by atoms with Gasteiger partial charge in [-0.25, -0.2) is 0 Å². The summed E-state index contributed by atoms with van der Waals surface area (Å²) >= 11 is 0. The maximum atomic E-state index is 3.60. The van der Waals surface area contributed by atoms with Crippen molar-refractivity contribution in [1.29, 1.82) is 0 Å². The maximum Gasteiger partial charge on any atom is 0.144 e. The van der Waals surface area contributed by atoms with Crippen LogP contribution in [0, 0.1) is 0 Å². The van der Waals surface area contributed by atoms with Crippen molar-refractivity contribution in [2.45, 2.75) is 6.42 Å². The molecule has 0 fully saturated rings. The first-order chi connectivity index (χ1) is 6.42. The molecular weight excluding hydrogens is 196 g/mol. The molecule has 0 aliphatic heterocycles. The lowest BCUT2D eigenvalue weighted by Crippen LogP contribution is -3.00. The number of halogens is 1. The Balaban J connectivity index is 0.000000980. The molecule has 0 radical (unpaired) electrons. The first-order valence-electron chi connectivity index (χ1n) is 4.47. The van der Waals surface area contributed by atoms with Crippen molar-refractivity contribution in [1.82, 2.24) is 4.98 Å². The highest BCUT2D eigenvalue weighted by molar-refractivity contribution is 5.82. The van der Waals surface area contributed by atoms with Gasteiger partial charge in [-0.3, -0.25) is 4.99 Å². The minimum absolute atomic E-state index is 0. The Morgan fingerprint density at radius 3 is 2.86 bits per heavy atom. The lowest BCUT2D eigenvalue weighted by Gasteiger charge is -1.92. The number of H-pyrrole nitrogens is 1. The largest absolute Gasteiger partial charge is 1.00 e. The number of fused-ring (bicyclic) bond motifs is 1. The van der Waals surface area contributed by atoms with Crippen LogP contribution in [0.15, 0.2) is 30.5 Å². The summed E-state index contributed by atoms with van der Waals surface area (Å²) in [6, 6.07) is 8.35. The molecule has 0 spiro atoms. The van der Waals surface area contributed by atoms with Crippen LogP contribution in [0.1, 0.15) is 5.56 Å². The number of benzene rings is 1. The second-order valence-electron chi connectivity index (χ2n) is 3.11. The minimum Gasteiger partial charge on any atom is -1.00 e. The lowest BCUT2D eigenvalue weighted by atomic mass is 10.1. The Kier molecular flexibility index (Phi) is 3.72. The molecule has 74 valence electrons. The van der Waals surface area contributed by atoms with E-state index < -0.39 is 0 Å². The van der Waals surface area contributed by atoms with Crippen LogP contribution in [0.2, 0.25) is 0 Å². The van der Waals surface area contributed by atoms with Gasteiger partial charge in [-0.1, -0.05) is 18.2 Å². The molecular formula is C11H13ClN2. The zero-order valence-corrected chi connectivity index (χ0v) is 8.64. The van der Waals surface area contributed by atoms with Crippen LogP contribution < -0.4 is 17.4 Å². The zero-order valence-electron chi connectivity index (χ0n) is 7.89. The predicted molar refractivity (Wildman–Crippen MR) is 55.0 cm³/mol. The van der Waals surface area contributed by atoms with Crippen LogP contribution in [0.25, 0.3) is 10.9 Å². The molecule has 0 aliphatic rings. The number of hydrogen-bond acceptors (Lipinski definition) is 0. The van der Waals surface area contributed by atoms with Crippen LogP contribution in [-0.4, -0.2) is 18.2 Å². The summed E-state index contributed by atoms with van der Waals surface area (Å²) in [5, 5.41) is 1.32. The third-order valence-corrected chi connectivity index (χ3v) is 2.25. The number of rotatable bonds is 3. The van der Waals surface area contributed by atoms with Crippen LogP contribution >= 0.6 is 0 Å². The van der Waals surface area contributed by atoms with Gasteiger partial charge < -0.3 is 17.4 Å². The smallest absolute Gasteiger partial charge is 0.144 e. The van der Waals surface area contributed by atoms with Gasteiger partial charge in [0.25, 0.3) is 0 Å². The van der Waals surface area contributed by atoms with Crippen molar-refractivity contribution in [2.24, 2.45) is 0 Å². The Morgan fingerprint density at radius 2 is 2.07 bits per heavy atom. The Labute approximate surface area is 89.5 Å². The Morgan fingerprint density at radius 1 is 1.29 bits per heavy atom. The van der Waals surface area contributed by atoms with Gasteiger partial charge in [0.2, 0.25) is 0 Å². The van der Waals surface area contributed by atoms with E-state index >= 15 is 0 Å². The van der Waals surface area contributed by atoms with Crippen molar-refractivity contribution in [3.05, 3.63) is 36.0 Å². The van der Waals surface area contributed by atoms with Gasteiger partial charge in [-0.05, 0) is 11.6 Å². The number of hydrogen-bond donors (Lipinski definition) is 2. The molecule has 0 saturated heterocycles. The summed E-state index contributed by atoms with van der Waals surface area (Å²) in [4.78, 5) is 6.16. The van der Waals surface area contributed by atoms with Crippen molar-refractivity contribution in [3.8, 4) is 0 Å². The van der Waals surface area contributed by atoms with E-state index in [1.54, 1.807) is 0 Å². The molecule has 0 unspecified atom stereocenters. The van der Waals surface area contributed by atoms with E-state index in [-0.39, 0.29) is 12.4 Å². The molecule has 0 bridgehead atoms. The standard InChI is InChI=1S/C11H12N2.ClH/c1-12-7-6-9-8-13-11-5-3-2-4-10(9)11;/h2-5,8,13H,1,6-7H2;1H. The fourth-order valence-electron chi connectivity index (χ4n) is 1.56. The molecule has 1 aromatic carbocycles. The van der Waals surface area contributed by atoms with Crippen molar-refractivity contribution in [3.63, 3.8) is 0 Å². The summed E-state index contributed by atoms with van der Waals surface area (Å²) in [7, 11) is 0. The van der Waals surface area contributed by atoms with Crippen molar-refractivity contribution < 1.29 is 17.4 Å². The highest BCUT2D eigenvalue weighted by Gasteiger charge is 2.01. The molecule has 2 rings (SSSR count). The fourth-order valence-corrected chi connectivity index (χ4v) is 1.56. The number of aromatic amines is 1. The van der Waals surface area contributed by atoms with E-state index in [2.05, 4.69) is 41.1 Å². The van der Waals surface area contributed by atoms with Crippen LogP contribution in [0.5, 0.6) is 0 Å². The molecule has 1 heterocycles. The molecule has 1 aromatic heterocycles. The van der Waals surface area contributed by atoms with E-state index in [0.717, 1.165) is 13.0 Å². The van der Waals surface area contributed by atoms with Crippen molar-refractivity contribution >= 4 is 17.6 Å². The maximum absolute atomic E-state index is 3.60. The van der Waals surface area contributed by atoms with E-state index in [0.29, 0.717) is 0 Å². The van der Waals surface area contributed by atoms with Crippen molar-refractivity contribution in [2.75, 3.05) is 6.54 Å². The van der Waals surface area contributed by atoms with Crippen LogP contribution in [-0.2, 0) is 6.42 Å². The SMILES string of the molecule is C=[NH+]CCc1c[nH]c2ccccc12.[Cl-]. The first-order valence-corrected chi connectivity index (χ1v) is 4.47. The fraction of sp³-hybridized carbons (Fsp3) is 0.182. The average molecular weight is 209 g/mol. The third-order valence-electron chi connectivity index (χ3n) is 2.25. The normalized spacial score (nSPS) is 9.71. The van der Waals surface area contributed by atoms with Gasteiger partial charge in [0, 0.05) is 23.5 Å². The second kappa shape index (κ2) is 4.82. The van der Waals surface area contributed by atoms with Crippen LogP contribution in [0.4, 0.5) is 0 Å². The summed E-state index contributed by atoms with van der Waals surface area (Å²) in [6.07, 6.45) is 3.09. The van der Waals surface area contributed by atoms with E-state index in [4.69, 9.17) is 0 Å². The first kappa shape index (κ1) is 10.8. The quantitative estimate of drug-likeness (QED) is 0.523. The lowest BCUT2D eigenvalue weighted by molar-refractivity contribution is -0.446. The topological polar surface area (TPSA) is 29.8 Å². The van der Waals surface area contributed by atoms with E-state index in [1.807, 2.05) is 6.07 Å². The minimum atomic E-state index is 0. The third kappa shape index (κ3) is 1.96. The van der Waals surface area contributed by atoms with Gasteiger partial charge in [0.15, 0.2) is 0 Å². The molecule has 0 saturated carbocycles. The Bertz CT molecular complexity index is 420. The molecule has 0 atom stereocenters. The zero-order chi connectivity index (χ0) is 9.10. The number of para-hydroxylation sites is 1. The highest BCUT2D eigenvalue weighted by Crippen LogP contribution is 2.17. The predicted octanol–water partition coefficient (Wildman–Crippen LogP) is -2.50. The van der Waals surface area contributed by atoms with Gasteiger partial charge in [-0.15, -0.1) is 0 Å². The van der Waals surface area contributed by atoms with Gasteiger partial charge in [-0.2, -0.15) is 0 Å². The number of aromatic nitrogens is 1. The second-order valence-corrected chi connectivity index (χ2v) is 3.11. The van der Waals surface area contributed by atoms with Gasteiger partial charge in [0.1, 0.15) is 13.3 Å². The summed E-state index contributed by atoms with van der Waals surface area (Å²) in [5.41, 5.74) is 2.56. The molecule has 0 aliphatic carbocycles. The van der Waals surface area contributed by atoms with Gasteiger partial charge >= 0.3 is 0 Å². The van der Waals surface area contributed by atoms with Crippen LogP contribution in [0.3, 0.4) is 0 Å². The summed E-state index contributed by atoms with van der Waals surface area (Å²) in [5.74, 6) is 0. The molecule has 3 heteroatoms. The summed E-state index contributed by atoms with van der Waals surface area (Å²) < 4.78 is 0. The van der Waals surface area contributed by atoms with E-state index in [9.17, 15) is 0 Å². The van der Waals surface area contributed by atoms with E-state index in [1.165, 1.54) is 16.5 Å². The molecule has 14 heavy (non-hydrogen) atoms. The summed E-state index contributed by atoms with van der Waals surface area (Å²) in [6.45, 7) is 4.52. The molecule has 2 aromatic rings.